The van der Waals surface area contributed by atoms with Crippen molar-refractivity contribution in [2.45, 2.75) is 25.9 Å². The van der Waals surface area contributed by atoms with E-state index in [9.17, 15) is 9.18 Å². The molecule has 0 atom stereocenters. The van der Waals surface area contributed by atoms with Crippen LogP contribution in [0.5, 0.6) is 0 Å². The van der Waals surface area contributed by atoms with Gasteiger partial charge in [0.25, 0.3) is 0 Å². The zero-order valence-corrected chi connectivity index (χ0v) is 16.2. The van der Waals surface area contributed by atoms with Gasteiger partial charge in [-0.3, -0.25) is 0 Å². The van der Waals surface area contributed by atoms with Crippen LogP contribution in [0, 0.1) is 5.82 Å². The van der Waals surface area contributed by atoms with Crippen molar-refractivity contribution in [1.82, 2.24) is 25.1 Å². The van der Waals surface area contributed by atoms with Crippen molar-refractivity contribution in [1.29, 1.82) is 0 Å². The lowest BCUT2D eigenvalue weighted by Crippen LogP contribution is -2.29. The van der Waals surface area contributed by atoms with Crippen LogP contribution in [0.25, 0.3) is 20.8 Å². The molecule has 1 aliphatic heterocycles. The van der Waals surface area contributed by atoms with Crippen LogP contribution in [-0.4, -0.2) is 25.8 Å². The first-order valence-electron chi connectivity index (χ1n) is 9.29. The van der Waals surface area contributed by atoms with E-state index in [0.29, 0.717) is 16.3 Å². The maximum absolute atomic E-state index is 13.9. The second-order valence-electron chi connectivity index (χ2n) is 6.77. The molecule has 146 valence electrons. The van der Waals surface area contributed by atoms with E-state index in [4.69, 9.17) is 0 Å². The summed E-state index contributed by atoms with van der Waals surface area (Å²) in [5.41, 5.74) is 1.88. The molecular formula is C20H17FN6OS. The van der Waals surface area contributed by atoms with Crippen molar-refractivity contribution in [3.05, 3.63) is 59.9 Å². The molecule has 2 N–H and O–H groups in total. The molecule has 7 nitrogen and oxygen atoms in total. The number of nitrogens with one attached hydrogen (secondary N) is 2. The summed E-state index contributed by atoms with van der Waals surface area (Å²) in [6.45, 7) is 1.15. The highest BCUT2D eigenvalue weighted by molar-refractivity contribution is 7.21. The number of anilines is 1. The van der Waals surface area contributed by atoms with Crippen molar-refractivity contribution in [3.63, 3.8) is 0 Å². The van der Waals surface area contributed by atoms with Gasteiger partial charge in [-0.25, -0.2) is 14.2 Å². The van der Waals surface area contributed by atoms with Gasteiger partial charge in [0.05, 0.1) is 22.4 Å². The summed E-state index contributed by atoms with van der Waals surface area (Å²) < 4.78 is 17.0. The SMILES string of the molecule is O=C(NCc1nnc2n1CCC2)Nc1ccc(F)cc1-c1nc2ccccc2s1. The largest absolute Gasteiger partial charge is 0.331 e. The van der Waals surface area contributed by atoms with Crippen LogP contribution in [0.15, 0.2) is 42.5 Å². The van der Waals surface area contributed by atoms with Crippen LogP contribution in [0.2, 0.25) is 0 Å². The Labute approximate surface area is 169 Å². The van der Waals surface area contributed by atoms with Gasteiger partial charge in [-0.15, -0.1) is 21.5 Å². The van der Waals surface area contributed by atoms with E-state index in [0.717, 1.165) is 41.3 Å². The molecule has 0 aliphatic carbocycles. The standard InChI is InChI=1S/C20H17FN6OS/c21-12-7-8-14(13(10-12)19-23-15-4-1-2-5-16(15)29-19)24-20(28)22-11-18-26-25-17-6-3-9-27(17)18/h1-2,4-5,7-8,10H,3,6,9,11H2,(H2,22,24,28). The normalized spacial score (nSPS) is 12.9. The minimum atomic E-state index is -0.394. The van der Waals surface area contributed by atoms with E-state index in [1.54, 1.807) is 6.07 Å². The van der Waals surface area contributed by atoms with Crippen molar-refractivity contribution in [3.8, 4) is 10.6 Å². The highest BCUT2D eigenvalue weighted by Gasteiger charge is 2.18. The highest BCUT2D eigenvalue weighted by Crippen LogP contribution is 2.35. The lowest BCUT2D eigenvalue weighted by Gasteiger charge is -2.11. The number of fused-ring (bicyclic) bond motifs is 2. The summed E-state index contributed by atoms with van der Waals surface area (Å²) in [6.07, 6.45) is 1.96. The van der Waals surface area contributed by atoms with Gasteiger partial charge >= 0.3 is 6.03 Å². The smallest absolute Gasteiger partial charge is 0.319 e. The summed E-state index contributed by atoms with van der Waals surface area (Å²) in [6, 6.07) is 11.6. The number of thiazole rings is 1. The minimum absolute atomic E-state index is 0.274. The Bertz CT molecular complexity index is 1180. The number of benzene rings is 2. The van der Waals surface area contributed by atoms with Crippen molar-refractivity contribution >= 4 is 33.3 Å². The van der Waals surface area contributed by atoms with Gasteiger partial charge in [-0.2, -0.15) is 0 Å². The van der Waals surface area contributed by atoms with Crippen molar-refractivity contribution < 1.29 is 9.18 Å². The zero-order chi connectivity index (χ0) is 19.8. The van der Waals surface area contributed by atoms with Gasteiger partial charge in [0.2, 0.25) is 0 Å². The molecule has 1 aliphatic rings. The second kappa shape index (κ2) is 7.25. The van der Waals surface area contributed by atoms with Crippen LogP contribution in [0.4, 0.5) is 14.9 Å². The number of carbonyl (C=O) groups is 1. The summed E-state index contributed by atoms with van der Waals surface area (Å²) in [5, 5.41) is 14.5. The van der Waals surface area contributed by atoms with E-state index in [1.807, 2.05) is 28.8 Å². The molecule has 2 aromatic heterocycles. The summed E-state index contributed by atoms with van der Waals surface area (Å²) >= 11 is 1.45. The number of para-hydroxylation sites is 1. The van der Waals surface area contributed by atoms with E-state index in [2.05, 4.69) is 25.8 Å². The Hall–Kier alpha value is -3.33. The summed E-state index contributed by atoms with van der Waals surface area (Å²) in [7, 11) is 0. The van der Waals surface area contributed by atoms with Crippen molar-refractivity contribution in [2.75, 3.05) is 5.32 Å². The number of amides is 2. The first kappa shape index (κ1) is 17.7. The molecule has 0 saturated heterocycles. The predicted molar refractivity (Wildman–Crippen MR) is 109 cm³/mol. The molecule has 0 saturated carbocycles. The zero-order valence-electron chi connectivity index (χ0n) is 15.4. The fourth-order valence-corrected chi connectivity index (χ4v) is 4.45. The van der Waals surface area contributed by atoms with Crippen molar-refractivity contribution in [2.24, 2.45) is 0 Å². The minimum Gasteiger partial charge on any atom is -0.331 e. The lowest BCUT2D eigenvalue weighted by atomic mass is 10.2. The molecule has 9 heteroatoms. The molecule has 0 spiro atoms. The molecule has 2 aromatic carbocycles. The molecule has 2 amide bonds. The van der Waals surface area contributed by atoms with E-state index in [-0.39, 0.29) is 12.4 Å². The van der Waals surface area contributed by atoms with Gasteiger partial charge in [-0.05, 0) is 36.8 Å². The number of urea groups is 1. The molecule has 4 aromatic rings. The number of halogens is 1. The van der Waals surface area contributed by atoms with E-state index < -0.39 is 6.03 Å². The Morgan fingerprint density at radius 2 is 2.10 bits per heavy atom. The average molecular weight is 408 g/mol. The molecule has 3 heterocycles. The van der Waals surface area contributed by atoms with Crippen LogP contribution in [-0.2, 0) is 19.5 Å². The van der Waals surface area contributed by atoms with Crippen LogP contribution >= 0.6 is 11.3 Å². The van der Waals surface area contributed by atoms with Gasteiger partial charge in [0.15, 0.2) is 5.82 Å². The number of carbonyl (C=O) groups excluding carboxylic acids is 1. The first-order valence-corrected chi connectivity index (χ1v) is 10.1. The average Bonchev–Trinajstić information content (AvgIpc) is 3.43. The summed E-state index contributed by atoms with van der Waals surface area (Å²) in [5.74, 6) is 1.31. The topological polar surface area (TPSA) is 84.7 Å². The van der Waals surface area contributed by atoms with Crippen LogP contribution < -0.4 is 10.6 Å². The van der Waals surface area contributed by atoms with E-state index in [1.165, 1.54) is 23.5 Å². The van der Waals surface area contributed by atoms with Gasteiger partial charge in [-0.1, -0.05) is 12.1 Å². The molecule has 0 fully saturated rings. The predicted octanol–water partition coefficient (Wildman–Crippen LogP) is 3.96. The first-order chi connectivity index (χ1) is 14.2. The number of hydrogen-bond donors (Lipinski definition) is 2. The number of rotatable bonds is 4. The second-order valence-corrected chi connectivity index (χ2v) is 7.80. The van der Waals surface area contributed by atoms with Crippen LogP contribution in [0.1, 0.15) is 18.1 Å². The lowest BCUT2D eigenvalue weighted by molar-refractivity contribution is 0.251. The highest BCUT2D eigenvalue weighted by atomic mass is 32.1. The quantitative estimate of drug-likeness (QED) is 0.535. The third kappa shape index (κ3) is 3.44. The molecule has 0 radical (unpaired) electrons. The number of hydrogen-bond acceptors (Lipinski definition) is 5. The molecule has 0 unspecified atom stereocenters. The fraction of sp³-hybridized carbons (Fsp3) is 0.200. The van der Waals surface area contributed by atoms with E-state index >= 15 is 0 Å². The summed E-state index contributed by atoms with van der Waals surface area (Å²) in [4.78, 5) is 17.0. The third-order valence-corrected chi connectivity index (χ3v) is 5.92. The fourth-order valence-electron chi connectivity index (χ4n) is 3.46. The Morgan fingerprint density at radius 3 is 3.00 bits per heavy atom. The van der Waals surface area contributed by atoms with Gasteiger partial charge in [0.1, 0.15) is 16.6 Å². The third-order valence-electron chi connectivity index (χ3n) is 4.85. The van der Waals surface area contributed by atoms with Crippen LogP contribution in [0.3, 0.4) is 0 Å². The molecule has 0 bridgehead atoms. The number of nitrogens with zero attached hydrogens (tertiary/aromatic N) is 4. The molecule has 5 rings (SSSR count). The monoisotopic (exact) mass is 408 g/mol. The number of aromatic nitrogens is 4. The maximum Gasteiger partial charge on any atom is 0.319 e. The van der Waals surface area contributed by atoms with Gasteiger partial charge in [0, 0.05) is 18.5 Å². The maximum atomic E-state index is 13.9. The molecule has 29 heavy (non-hydrogen) atoms. The van der Waals surface area contributed by atoms with Gasteiger partial charge < -0.3 is 15.2 Å². The Kier molecular flexibility index (Phi) is 4.44. The Balaban J connectivity index is 1.36. The number of aryl methyl sites for hydroxylation is 1. The Morgan fingerprint density at radius 1 is 1.21 bits per heavy atom. The molecular weight excluding hydrogens is 391 g/mol.